The molecule has 0 atom stereocenters. The highest BCUT2D eigenvalue weighted by Gasteiger charge is 2.31. The quantitative estimate of drug-likeness (QED) is 0.180. The zero-order chi connectivity index (χ0) is 26.7. The van der Waals surface area contributed by atoms with Gasteiger partial charge in [-0.2, -0.15) is 0 Å². The van der Waals surface area contributed by atoms with Crippen LogP contribution in [0.5, 0.6) is 17.2 Å². The zero-order valence-corrected chi connectivity index (χ0v) is 21.3. The average Bonchev–Trinajstić information content (AvgIpc) is 2.98. The molecule has 1 aliphatic heterocycles. The standard InChI is InChI=1S/C29H30O9/c1-32-18-37-24-14-21(16-30)15-25(38-19-33-2)27(24)28(31)26-22(29-34-12-7-13-35-29)10-6-11-23(26)36-17-20-8-4-3-5-9-20/h3-6,8-11,14-16,29H,7,12-13,17-19H2,1-2H3. The number of ether oxygens (including phenoxy) is 7. The number of hydrogen-bond acceptors (Lipinski definition) is 9. The molecular formula is C29H30O9. The van der Waals surface area contributed by atoms with Gasteiger partial charge in [-0.1, -0.05) is 42.5 Å². The van der Waals surface area contributed by atoms with Gasteiger partial charge in [0.1, 0.15) is 35.7 Å². The smallest absolute Gasteiger partial charge is 0.204 e. The first-order chi connectivity index (χ1) is 18.7. The van der Waals surface area contributed by atoms with Crippen LogP contribution in [0.4, 0.5) is 0 Å². The van der Waals surface area contributed by atoms with E-state index in [9.17, 15) is 9.59 Å². The Morgan fingerprint density at radius 2 is 1.50 bits per heavy atom. The third-order valence-corrected chi connectivity index (χ3v) is 5.72. The maximum Gasteiger partial charge on any atom is 0.204 e. The monoisotopic (exact) mass is 522 g/mol. The van der Waals surface area contributed by atoms with Gasteiger partial charge in [-0.15, -0.1) is 0 Å². The second-order valence-corrected chi connectivity index (χ2v) is 8.36. The summed E-state index contributed by atoms with van der Waals surface area (Å²) in [4.78, 5) is 26.0. The van der Waals surface area contributed by atoms with Gasteiger partial charge in [0.2, 0.25) is 5.78 Å². The fraction of sp³-hybridized carbons (Fsp3) is 0.310. The third-order valence-electron chi connectivity index (χ3n) is 5.72. The van der Waals surface area contributed by atoms with E-state index in [1.165, 1.54) is 26.4 Å². The number of benzene rings is 3. The van der Waals surface area contributed by atoms with Crippen LogP contribution in [-0.2, 0) is 25.6 Å². The van der Waals surface area contributed by atoms with E-state index in [4.69, 9.17) is 33.2 Å². The molecule has 38 heavy (non-hydrogen) atoms. The van der Waals surface area contributed by atoms with Crippen LogP contribution in [0.1, 0.15) is 50.1 Å². The summed E-state index contributed by atoms with van der Waals surface area (Å²) < 4.78 is 39.4. The van der Waals surface area contributed by atoms with E-state index in [2.05, 4.69) is 0 Å². The van der Waals surface area contributed by atoms with E-state index in [0.717, 1.165) is 12.0 Å². The highest BCUT2D eigenvalue weighted by atomic mass is 16.7. The van der Waals surface area contributed by atoms with Gasteiger partial charge in [-0.05, 0) is 30.2 Å². The second kappa shape index (κ2) is 13.7. The van der Waals surface area contributed by atoms with Crippen LogP contribution in [0.25, 0.3) is 0 Å². The lowest BCUT2D eigenvalue weighted by Crippen LogP contribution is -2.21. The zero-order valence-electron chi connectivity index (χ0n) is 21.3. The molecule has 0 N–H and O–H groups in total. The van der Waals surface area contributed by atoms with Gasteiger partial charge in [-0.3, -0.25) is 9.59 Å². The van der Waals surface area contributed by atoms with Crippen molar-refractivity contribution in [3.8, 4) is 17.2 Å². The Kier molecular flexibility index (Phi) is 9.83. The van der Waals surface area contributed by atoms with Gasteiger partial charge in [-0.25, -0.2) is 0 Å². The summed E-state index contributed by atoms with van der Waals surface area (Å²) in [5.74, 6) is 0.101. The predicted molar refractivity (Wildman–Crippen MR) is 137 cm³/mol. The van der Waals surface area contributed by atoms with Gasteiger partial charge in [0.25, 0.3) is 0 Å². The van der Waals surface area contributed by atoms with Crippen LogP contribution in [0.3, 0.4) is 0 Å². The summed E-state index contributed by atoms with van der Waals surface area (Å²) in [7, 11) is 2.91. The molecule has 4 rings (SSSR count). The van der Waals surface area contributed by atoms with E-state index in [1.54, 1.807) is 18.2 Å². The van der Waals surface area contributed by atoms with Crippen LogP contribution in [0.2, 0.25) is 0 Å². The van der Waals surface area contributed by atoms with Crippen LogP contribution in [0, 0.1) is 0 Å². The number of rotatable bonds is 13. The van der Waals surface area contributed by atoms with Gasteiger partial charge in [0.15, 0.2) is 19.9 Å². The molecule has 0 amide bonds. The SMILES string of the molecule is COCOc1cc(C=O)cc(OCOC)c1C(=O)c1c(OCc2ccccc2)cccc1C1OCCCO1. The number of hydrogen-bond donors (Lipinski definition) is 0. The number of carbonyl (C=O) groups is 2. The molecule has 0 saturated carbocycles. The first-order valence-electron chi connectivity index (χ1n) is 12.1. The topological polar surface area (TPSA) is 98.8 Å². The van der Waals surface area contributed by atoms with E-state index in [1.807, 2.05) is 30.3 Å². The molecule has 1 fully saturated rings. The lowest BCUT2D eigenvalue weighted by molar-refractivity contribution is -0.183. The van der Waals surface area contributed by atoms with Crippen LogP contribution in [-0.4, -0.2) is 53.1 Å². The van der Waals surface area contributed by atoms with Crippen LogP contribution in [0.15, 0.2) is 60.7 Å². The molecule has 1 heterocycles. The molecule has 3 aromatic rings. The third kappa shape index (κ3) is 6.56. The maximum absolute atomic E-state index is 14.4. The minimum Gasteiger partial charge on any atom is -0.488 e. The molecule has 0 bridgehead atoms. The number of carbonyl (C=O) groups excluding carboxylic acids is 2. The van der Waals surface area contributed by atoms with Crippen molar-refractivity contribution in [2.75, 3.05) is 41.0 Å². The summed E-state index contributed by atoms with van der Waals surface area (Å²) in [5.41, 5.74) is 2.02. The summed E-state index contributed by atoms with van der Waals surface area (Å²) in [5, 5.41) is 0. The fourth-order valence-corrected chi connectivity index (χ4v) is 4.01. The van der Waals surface area contributed by atoms with Crippen molar-refractivity contribution in [2.45, 2.75) is 19.3 Å². The molecule has 0 aromatic heterocycles. The van der Waals surface area contributed by atoms with Crippen molar-refractivity contribution in [1.82, 2.24) is 0 Å². The molecule has 9 heteroatoms. The second-order valence-electron chi connectivity index (χ2n) is 8.36. The molecule has 1 aliphatic rings. The lowest BCUT2D eigenvalue weighted by atomic mass is 9.94. The van der Waals surface area contributed by atoms with E-state index in [0.29, 0.717) is 30.8 Å². The molecule has 3 aromatic carbocycles. The van der Waals surface area contributed by atoms with Crippen molar-refractivity contribution in [3.63, 3.8) is 0 Å². The summed E-state index contributed by atoms with van der Waals surface area (Å²) >= 11 is 0. The Morgan fingerprint density at radius 3 is 2.11 bits per heavy atom. The predicted octanol–water partition coefficient (Wildman–Crippen LogP) is 4.71. The molecule has 0 unspecified atom stereocenters. The molecule has 200 valence electrons. The summed E-state index contributed by atoms with van der Waals surface area (Å²) in [6, 6.07) is 17.8. The number of aldehydes is 1. The van der Waals surface area contributed by atoms with E-state index in [-0.39, 0.29) is 48.4 Å². The maximum atomic E-state index is 14.4. The average molecular weight is 523 g/mol. The van der Waals surface area contributed by atoms with Crippen molar-refractivity contribution in [1.29, 1.82) is 0 Å². The lowest BCUT2D eigenvalue weighted by Gasteiger charge is -2.26. The Bertz CT molecular complexity index is 1190. The van der Waals surface area contributed by atoms with Crippen molar-refractivity contribution >= 4 is 12.1 Å². The van der Waals surface area contributed by atoms with Gasteiger partial charge in [0.05, 0.1) is 18.8 Å². The number of ketones is 1. The first-order valence-corrected chi connectivity index (χ1v) is 12.1. The van der Waals surface area contributed by atoms with Gasteiger partial charge in [0, 0.05) is 25.3 Å². The Hall–Kier alpha value is -3.76. The van der Waals surface area contributed by atoms with E-state index >= 15 is 0 Å². The molecular weight excluding hydrogens is 492 g/mol. The summed E-state index contributed by atoms with van der Waals surface area (Å²) in [6.45, 7) is 0.916. The minimum atomic E-state index is -0.760. The minimum absolute atomic E-state index is 0.0810. The highest BCUT2D eigenvalue weighted by molar-refractivity contribution is 6.15. The van der Waals surface area contributed by atoms with Gasteiger partial charge >= 0.3 is 0 Å². The largest absolute Gasteiger partial charge is 0.488 e. The van der Waals surface area contributed by atoms with Gasteiger partial charge < -0.3 is 33.2 Å². The molecule has 0 spiro atoms. The van der Waals surface area contributed by atoms with E-state index < -0.39 is 12.1 Å². The normalized spacial score (nSPS) is 13.6. The van der Waals surface area contributed by atoms with Crippen LogP contribution >= 0.6 is 0 Å². The Labute approximate surface area is 221 Å². The van der Waals surface area contributed by atoms with Crippen molar-refractivity contribution < 1.29 is 42.7 Å². The summed E-state index contributed by atoms with van der Waals surface area (Å²) in [6.07, 6.45) is 0.629. The molecule has 0 aliphatic carbocycles. The molecule has 1 saturated heterocycles. The Balaban J connectivity index is 1.84. The molecule has 9 nitrogen and oxygen atoms in total. The Morgan fingerprint density at radius 1 is 0.842 bits per heavy atom. The van der Waals surface area contributed by atoms with Crippen molar-refractivity contribution in [2.24, 2.45) is 0 Å². The fourth-order valence-electron chi connectivity index (χ4n) is 4.01. The highest BCUT2D eigenvalue weighted by Crippen LogP contribution is 2.39. The first kappa shape index (κ1) is 27.3. The van der Waals surface area contributed by atoms with Crippen molar-refractivity contribution in [3.05, 3.63) is 88.5 Å². The number of methoxy groups -OCH3 is 2. The molecule has 0 radical (unpaired) electrons. The van der Waals surface area contributed by atoms with Crippen LogP contribution < -0.4 is 14.2 Å².